The van der Waals surface area contributed by atoms with Crippen molar-refractivity contribution in [3.05, 3.63) is 76.3 Å². The normalized spacial score (nSPS) is 17.5. The van der Waals surface area contributed by atoms with Gasteiger partial charge < -0.3 is 19.4 Å². The maximum atomic E-state index is 13.1. The molecule has 3 rings (SSSR count). The van der Waals surface area contributed by atoms with E-state index in [1.165, 1.54) is 19.1 Å². The number of aryl methyl sites for hydroxylation is 1. The van der Waals surface area contributed by atoms with Gasteiger partial charge in [-0.2, -0.15) is 13.2 Å². The summed E-state index contributed by atoms with van der Waals surface area (Å²) < 4.78 is 56.9. The number of alkyl halides is 3. The Bertz CT molecular complexity index is 1040. The van der Waals surface area contributed by atoms with Gasteiger partial charge in [0.1, 0.15) is 6.61 Å². The molecule has 2 aromatic rings. The van der Waals surface area contributed by atoms with Crippen LogP contribution in [0.25, 0.3) is 6.08 Å². The van der Waals surface area contributed by atoms with Crippen molar-refractivity contribution >= 4 is 19.3 Å². The largest absolute Gasteiger partial charge is 0.492 e. The second kappa shape index (κ2) is 9.84. The van der Waals surface area contributed by atoms with Gasteiger partial charge in [-0.1, -0.05) is 48.5 Å². The third-order valence-corrected chi connectivity index (χ3v) is 6.11. The van der Waals surface area contributed by atoms with Crippen LogP contribution in [0.3, 0.4) is 0 Å². The number of nitrogens with one attached hydrogen (secondary N) is 1. The zero-order valence-corrected chi connectivity index (χ0v) is 20.0. The second-order valence-corrected chi connectivity index (χ2v) is 9.29. The second-order valence-electron chi connectivity index (χ2n) is 9.29. The predicted octanol–water partition coefficient (Wildman–Crippen LogP) is 5.96. The maximum absolute atomic E-state index is 13.1. The molecule has 0 saturated carbocycles. The van der Waals surface area contributed by atoms with Crippen molar-refractivity contribution in [1.29, 1.82) is 0 Å². The van der Waals surface area contributed by atoms with Crippen molar-refractivity contribution < 1.29 is 32.0 Å². The molecule has 1 amide bonds. The van der Waals surface area contributed by atoms with Crippen molar-refractivity contribution in [2.24, 2.45) is 0 Å². The van der Waals surface area contributed by atoms with Gasteiger partial charge >= 0.3 is 19.4 Å². The molecule has 2 aromatic carbocycles. The van der Waals surface area contributed by atoms with Crippen LogP contribution in [0.4, 0.5) is 18.0 Å². The van der Waals surface area contributed by atoms with E-state index in [0.717, 1.165) is 11.6 Å². The van der Waals surface area contributed by atoms with Crippen LogP contribution < -0.4 is 5.32 Å². The first kappa shape index (κ1) is 25.8. The monoisotopic (exact) mass is 475 g/mol. The zero-order valence-electron chi connectivity index (χ0n) is 20.0. The predicted molar refractivity (Wildman–Crippen MR) is 125 cm³/mol. The van der Waals surface area contributed by atoms with Crippen molar-refractivity contribution in [2.75, 3.05) is 6.54 Å². The highest BCUT2D eigenvalue weighted by molar-refractivity contribution is 6.56. The van der Waals surface area contributed by atoms with Gasteiger partial charge in [0.25, 0.3) is 0 Å². The number of carbonyl (C=O) groups excluding carboxylic acids is 1. The summed E-state index contributed by atoms with van der Waals surface area (Å²) in [4.78, 5) is 12.3. The van der Waals surface area contributed by atoms with Crippen LogP contribution in [0.15, 0.2) is 54.0 Å². The number of hydrogen-bond acceptors (Lipinski definition) is 4. The lowest BCUT2D eigenvalue weighted by Gasteiger charge is -2.32. The fourth-order valence-electron chi connectivity index (χ4n) is 3.45. The first-order chi connectivity index (χ1) is 15.8. The van der Waals surface area contributed by atoms with E-state index >= 15 is 0 Å². The SMILES string of the molecule is Cc1cc(C=C(CNC(=O)OCc2ccccc2)B2OC(C)(C)C(C)(C)O2)ccc1C(F)(F)F. The quantitative estimate of drug-likeness (QED) is 0.525. The summed E-state index contributed by atoms with van der Waals surface area (Å²) in [7, 11) is -0.790. The van der Waals surface area contributed by atoms with Gasteiger partial charge in [0.15, 0.2) is 0 Å². The molecule has 1 aliphatic heterocycles. The van der Waals surface area contributed by atoms with Crippen molar-refractivity contribution in [2.45, 2.75) is 58.6 Å². The van der Waals surface area contributed by atoms with Gasteiger partial charge in [-0.3, -0.25) is 0 Å². The summed E-state index contributed by atoms with van der Waals surface area (Å²) in [5.41, 5.74) is 0.0966. The Morgan fingerprint density at radius 2 is 1.68 bits per heavy atom. The average Bonchev–Trinajstić information content (AvgIpc) is 2.96. The summed E-state index contributed by atoms with van der Waals surface area (Å²) >= 11 is 0. The van der Waals surface area contributed by atoms with E-state index in [1.54, 1.807) is 6.08 Å². The molecule has 1 N–H and O–H groups in total. The summed E-state index contributed by atoms with van der Waals surface area (Å²) in [6, 6.07) is 13.1. The van der Waals surface area contributed by atoms with Crippen LogP contribution in [0.1, 0.15) is 49.9 Å². The van der Waals surface area contributed by atoms with E-state index in [1.807, 2.05) is 58.0 Å². The smallest absolute Gasteiger partial charge is 0.445 e. The van der Waals surface area contributed by atoms with E-state index in [-0.39, 0.29) is 18.7 Å². The third kappa shape index (κ3) is 6.21. The minimum atomic E-state index is -4.43. The zero-order chi connectivity index (χ0) is 25.1. The number of rotatable bonds is 6. The molecule has 1 saturated heterocycles. The first-order valence-electron chi connectivity index (χ1n) is 11.0. The standard InChI is InChI=1S/C25H29BF3NO4/c1-17-13-19(11-12-21(17)25(27,28)29)14-20(26-33-23(2,3)24(4,5)34-26)15-30-22(31)32-16-18-9-7-6-8-10-18/h6-14H,15-16H2,1-5H3,(H,30,31). The molecule has 0 bridgehead atoms. The van der Waals surface area contributed by atoms with Crippen molar-refractivity contribution in [3.63, 3.8) is 0 Å². The van der Waals surface area contributed by atoms with E-state index < -0.39 is 36.2 Å². The number of hydrogen-bond donors (Lipinski definition) is 1. The molecule has 0 aliphatic carbocycles. The summed E-state index contributed by atoms with van der Waals surface area (Å²) in [6.45, 7) is 9.14. The van der Waals surface area contributed by atoms with Gasteiger partial charge in [-0.25, -0.2) is 4.79 Å². The minimum absolute atomic E-state index is 0.0323. The van der Waals surface area contributed by atoms with Gasteiger partial charge in [-0.15, -0.1) is 0 Å². The van der Waals surface area contributed by atoms with Crippen LogP contribution in [-0.2, 0) is 26.8 Å². The summed E-state index contributed by atoms with van der Waals surface area (Å²) in [6.07, 6.45) is -3.38. The molecule has 1 aliphatic rings. The van der Waals surface area contributed by atoms with Gasteiger partial charge in [0, 0.05) is 6.54 Å². The van der Waals surface area contributed by atoms with E-state index in [9.17, 15) is 18.0 Å². The molecule has 5 nitrogen and oxygen atoms in total. The highest BCUT2D eigenvalue weighted by atomic mass is 19.4. The lowest BCUT2D eigenvalue weighted by Crippen LogP contribution is -2.41. The Balaban J connectivity index is 1.79. The van der Waals surface area contributed by atoms with Crippen LogP contribution in [0.5, 0.6) is 0 Å². The molecule has 1 fully saturated rings. The number of benzene rings is 2. The van der Waals surface area contributed by atoms with Crippen LogP contribution in [-0.4, -0.2) is 31.0 Å². The molecule has 0 spiro atoms. The lowest BCUT2D eigenvalue weighted by atomic mass is 9.77. The average molecular weight is 475 g/mol. The van der Waals surface area contributed by atoms with Crippen molar-refractivity contribution in [3.8, 4) is 0 Å². The molecule has 182 valence electrons. The number of carbonyl (C=O) groups is 1. The van der Waals surface area contributed by atoms with Crippen LogP contribution in [0, 0.1) is 6.92 Å². The number of amides is 1. The molecule has 0 atom stereocenters. The summed E-state index contributed by atoms with van der Waals surface area (Å²) in [5.74, 6) is 0. The van der Waals surface area contributed by atoms with Gasteiger partial charge in [-0.05, 0) is 62.8 Å². The number of halogens is 3. The fraction of sp³-hybridized carbons (Fsp3) is 0.400. The number of ether oxygens (including phenoxy) is 1. The molecule has 9 heteroatoms. The van der Waals surface area contributed by atoms with Gasteiger partial charge in [0.2, 0.25) is 0 Å². The first-order valence-corrected chi connectivity index (χ1v) is 11.0. The molecule has 1 heterocycles. The van der Waals surface area contributed by atoms with Gasteiger partial charge in [0.05, 0.1) is 16.8 Å². The lowest BCUT2D eigenvalue weighted by molar-refractivity contribution is -0.138. The van der Waals surface area contributed by atoms with Crippen LogP contribution in [0.2, 0.25) is 0 Å². The van der Waals surface area contributed by atoms with E-state index in [2.05, 4.69) is 5.32 Å². The topological polar surface area (TPSA) is 56.8 Å². The number of alkyl carbamates (subject to hydrolysis) is 1. The van der Waals surface area contributed by atoms with Crippen molar-refractivity contribution in [1.82, 2.24) is 5.32 Å². The van der Waals surface area contributed by atoms with Crippen LogP contribution >= 0.6 is 0 Å². The Kier molecular flexibility index (Phi) is 7.48. The Morgan fingerprint density at radius 1 is 1.06 bits per heavy atom. The Hall–Kier alpha value is -2.78. The molecular weight excluding hydrogens is 446 g/mol. The highest BCUT2D eigenvalue weighted by Crippen LogP contribution is 2.39. The minimum Gasteiger partial charge on any atom is -0.445 e. The maximum Gasteiger partial charge on any atom is 0.492 e. The fourth-order valence-corrected chi connectivity index (χ4v) is 3.45. The molecule has 0 aromatic heterocycles. The Morgan fingerprint density at radius 3 is 2.24 bits per heavy atom. The molecule has 34 heavy (non-hydrogen) atoms. The third-order valence-electron chi connectivity index (χ3n) is 6.11. The molecular formula is C25H29BF3NO4. The Labute approximate surface area is 198 Å². The highest BCUT2D eigenvalue weighted by Gasteiger charge is 2.52. The molecule has 0 unspecified atom stereocenters. The van der Waals surface area contributed by atoms with E-state index in [0.29, 0.717) is 11.0 Å². The summed E-state index contributed by atoms with van der Waals surface area (Å²) in [5, 5.41) is 2.69. The van der Waals surface area contributed by atoms with E-state index in [4.69, 9.17) is 14.0 Å². The molecule has 0 radical (unpaired) electrons.